The van der Waals surface area contributed by atoms with E-state index in [9.17, 15) is 4.79 Å². The number of nitrogens with one attached hydrogen (secondary N) is 1. The lowest BCUT2D eigenvalue weighted by atomic mass is 10.2. The van der Waals surface area contributed by atoms with Crippen molar-refractivity contribution in [2.45, 2.75) is 13.0 Å². The molecule has 0 saturated heterocycles. The van der Waals surface area contributed by atoms with Gasteiger partial charge in [-0.1, -0.05) is 0 Å². The fraction of sp³-hybridized carbons (Fsp3) is 0.500. The standard InChI is InChI=1S/C12H20N4O2/c1-8(7-16(2)3)14-11-9(13)5-6-10(15-11)12(17)18-4/h5-6,8H,7,13H2,1-4H3,(H,14,15). The Morgan fingerprint density at radius 2 is 2.22 bits per heavy atom. The Morgan fingerprint density at radius 1 is 1.56 bits per heavy atom. The summed E-state index contributed by atoms with van der Waals surface area (Å²) in [6.45, 7) is 2.86. The second-order valence-corrected chi connectivity index (χ2v) is 4.43. The van der Waals surface area contributed by atoms with E-state index in [1.807, 2.05) is 21.0 Å². The maximum absolute atomic E-state index is 11.4. The highest BCUT2D eigenvalue weighted by atomic mass is 16.5. The Kier molecular flexibility index (Phi) is 4.91. The first-order valence-electron chi connectivity index (χ1n) is 5.70. The molecule has 0 fully saturated rings. The molecule has 1 heterocycles. The molecule has 18 heavy (non-hydrogen) atoms. The summed E-state index contributed by atoms with van der Waals surface area (Å²) in [5.74, 6) is 0.0329. The molecule has 0 radical (unpaired) electrons. The second-order valence-electron chi connectivity index (χ2n) is 4.43. The summed E-state index contributed by atoms with van der Waals surface area (Å²) >= 11 is 0. The Balaban J connectivity index is 2.84. The van der Waals surface area contributed by atoms with Gasteiger partial charge in [-0.15, -0.1) is 0 Å². The minimum absolute atomic E-state index is 0.169. The fourth-order valence-electron chi connectivity index (χ4n) is 1.63. The van der Waals surface area contributed by atoms with Crippen LogP contribution in [0, 0.1) is 0 Å². The zero-order chi connectivity index (χ0) is 13.7. The summed E-state index contributed by atoms with van der Waals surface area (Å²) in [6, 6.07) is 3.36. The van der Waals surface area contributed by atoms with Crippen molar-refractivity contribution >= 4 is 17.5 Å². The molecule has 1 aromatic rings. The Labute approximate surface area is 107 Å². The van der Waals surface area contributed by atoms with Crippen LogP contribution in [0.15, 0.2) is 12.1 Å². The average Bonchev–Trinajstić information content (AvgIpc) is 2.30. The van der Waals surface area contributed by atoms with Crippen LogP contribution < -0.4 is 11.1 Å². The molecule has 0 amide bonds. The number of likely N-dealkylation sites (N-methyl/N-ethyl adjacent to an activating group) is 1. The highest BCUT2D eigenvalue weighted by Crippen LogP contribution is 2.17. The summed E-state index contributed by atoms with van der Waals surface area (Å²) in [5, 5.41) is 3.18. The average molecular weight is 252 g/mol. The smallest absolute Gasteiger partial charge is 0.356 e. The summed E-state index contributed by atoms with van der Waals surface area (Å²) in [6.07, 6.45) is 0. The molecular formula is C12H20N4O2. The lowest BCUT2D eigenvalue weighted by Crippen LogP contribution is -2.30. The number of pyridine rings is 1. The number of carbonyl (C=O) groups is 1. The molecule has 6 heteroatoms. The van der Waals surface area contributed by atoms with Gasteiger partial charge in [-0.2, -0.15) is 0 Å². The maximum Gasteiger partial charge on any atom is 0.356 e. The van der Waals surface area contributed by atoms with Gasteiger partial charge in [0, 0.05) is 12.6 Å². The third kappa shape index (κ3) is 3.89. The van der Waals surface area contributed by atoms with Gasteiger partial charge in [0.05, 0.1) is 12.8 Å². The quantitative estimate of drug-likeness (QED) is 0.755. The highest BCUT2D eigenvalue weighted by Gasteiger charge is 2.12. The van der Waals surface area contributed by atoms with Crippen LogP contribution in [0.3, 0.4) is 0 Å². The molecule has 1 atom stereocenters. The molecule has 0 saturated carbocycles. The number of anilines is 2. The van der Waals surface area contributed by atoms with Crippen LogP contribution in [0.5, 0.6) is 0 Å². The van der Waals surface area contributed by atoms with Crippen LogP contribution in [0.2, 0.25) is 0 Å². The highest BCUT2D eigenvalue weighted by molar-refractivity contribution is 5.88. The van der Waals surface area contributed by atoms with Gasteiger partial charge in [-0.3, -0.25) is 0 Å². The largest absolute Gasteiger partial charge is 0.464 e. The van der Waals surface area contributed by atoms with Crippen molar-refractivity contribution in [3.63, 3.8) is 0 Å². The molecule has 0 bridgehead atoms. The molecule has 1 rings (SSSR count). The van der Waals surface area contributed by atoms with E-state index in [0.29, 0.717) is 11.5 Å². The number of methoxy groups -OCH3 is 1. The second kappa shape index (κ2) is 6.20. The summed E-state index contributed by atoms with van der Waals surface area (Å²) in [7, 11) is 5.29. The van der Waals surface area contributed by atoms with E-state index in [-0.39, 0.29) is 11.7 Å². The third-order valence-electron chi connectivity index (χ3n) is 2.34. The van der Waals surface area contributed by atoms with Crippen molar-refractivity contribution in [2.24, 2.45) is 0 Å². The van der Waals surface area contributed by atoms with E-state index < -0.39 is 5.97 Å². The number of carbonyl (C=O) groups excluding carboxylic acids is 1. The minimum atomic E-state index is -0.474. The molecule has 100 valence electrons. The summed E-state index contributed by atoms with van der Waals surface area (Å²) in [5.41, 5.74) is 6.57. The van der Waals surface area contributed by atoms with Gasteiger partial charge in [-0.05, 0) is 33.2 Å². The van der Waals surface area contributed by atoms with E-state index >= 15 is 0 Å². The predicted octanol–water partition coefficient (Wildman–Crippen LogP) is 0.812. The molecule has 1 aromatic heterocycles. The van der Waals surface area contributed by atoms with Gasteiger partial charge in [0.2, 0.25) is 0 Å². The molecule has 3 N–H and O–H groups in total. The summed E-state index contributed by atoms with van der Waals surface area (Å²) < 4.78 is 4.62. The zero-order valence-electron chi connectivity index (χ0n) is 11.2. The molecule has 0 spiro atoms. The van der Waals surface area contributed by atoms with E-state index in [0.717, 1.165) is 6.54 Å². The van der Waals surface area contributed by atoms with E-state index in [1.54, 1.807) is 12.1 Å². The van der Waals surface area contributed by atoms with Crippen LogP contribution in [-0.4, -0.2) is 49.6 Å². The van der Waals surface area contributed by atoms with Gasteiger partial charge >= 0.3 is 5.97 Å². The lowest BCUT2D eigenvalue weighted by molar-refractivity contribution is 0.0594. The Bertz CT molecular complexity index is 421. The van der Waals surface area contributed by atoms with Gasteiger partial charge < -0.3 is 20.7 Å². The number of hydrogen-bond donors (Lipinski definition) is 2. The third-order valence-corrected chi connectivity index (χ3v) is 2.34. The van der Waals surface area contributed by atoms with Gasteiger partial charge in [0.25, 0.3) is 0 Å². The van der Waals surface area contributed by atoms with Crippen LogP contribution in [0.4, 0.5) is 11.5 Å². The number of ether oxygens (including phenoxy) is 1. The number of nitrogens with two attached hydrogens (primary N) is 1. The zero-order valence-corrected chi connectivity index (χ0v) is 11.2. The van der Waals surface area contributed by atoms with E-state index in [4.69, 9.17) is 5.73 Å². The van der Waals surface area contributed by atoms with Crippen LogP contribution >= 0.6 is 0 Å². The Morgan fingerprint density at radius 3 is 2.78 bits per heavy atom. The predicted molar refractivity (Wildman–Crippen MR) is 71.6 cm³/mol. The number of esters is 1. The normalized spacial score (nSPS) is 12.3. The van der Waals surface area contributed by atoms with Gasteiger partial charge in [0.15, 0.2) is 5.69 Å². The molecule has 1 unspecified atom stereocenters. The van der Waals surface area contributed by atoms with Crippen LogP contribution in [0.25, 0.3) is 0 Å². The molecule has 0 aliphatic rings. The maximum atomic E-state index is 11.4. The topological polar surface area (TPSA) is 80.5 Å². The number of nitrogens with zero attached hydrogens (tertiary/aromatic N) is 2. The first-order valence-corrected chi connectivity index (χ1v) is 5.70. The molecular weight excluding hydrogens is 232 g/mol. The summed E-state index contributed by atoms with van der Waals surface area (Å²) in [4.78, 5) is 17.6. The van der Waals surface area contributed by atoms with E-state index in [1.165, 1.54) is 7.11 Å². The fourth-order valence-corrected chi connectivity index (χ4v) is 1.63. The molecule has 0 aliphatic carbocycles. The van der Waals surface area contributed by atoms with Crippen molar-refractivity contribution in [3.8, 4) is 0 Å². The number of nitrogen functional groups attached to an aromatic ring is 1. The van der Waals surface area contributed by atoms with Crippen molar-refractivity contribution in [3.05, 3.63) is 17.8 Å². The van der Waals surface area contributed by atoms with Crippen molar-refractivity contribution in [1.82, 2.24) is 9.88 Å². The van der Waals surface area contributed by atoms with Crippen molar-refractivity contribution < 1.29 is 9.53 Å². The van der Waals surface area contributed by atoms with E-state index in [2.05, 4.69) is 19.9 Å². The SMILES string of the molecule is COC(=O)c1ccc(N)c(NC(C)CN(C)C)n1. The molecule has 6 nitrogen and oxygen atoms in total. The molecule has 0 aromatic carbocycles. The molecule has 0 aliphatic heterocycles. The van der Waals surface area contributed by atoms with Crippen molar-refractivity contribution in [2.75, 3.05) is 38.8 Å². The first kappa shape index (κ1) is 14.2. The van der Waals surface area contributed by atoms with Crippen LogP contribution in [-0.2, 0) is 4.74 Å². The monoisotopic (exact) mass is 252 g/mol. The number of aromatic nitrogens is 1. The number of rotatable bonds is 5. The lowest BCUT2D eigenvalue weighted by Gasteiger charge is -2.19. The Hall–Kier alpha value is -1.82. The minimum Gasteiger partial charge on any atom is -0.464 e. The van der Waals surface area contributed by atoms with Gasteiger partial charge in [0.1, 0.15) is 5.82 Å². The first-order chi connectivity index (χ1) is 8.43. The number of hydrogen-bond acceptors (Lipinski definition) is 6. The van der Waals surface area contributed by atoms with Crippen molar-refractivity contribution in [1.29, 1.82) is 0 Å². The van der Waals surface area contributed by atoms with Crippen LogP contribution in [0.1, 0.15) is 17.4 Å². The van der Waals surface area contributed by atoms with Gasteiger partial charge in [-0.25, -0.2) is 9.78 Å².